The Kier molecular flexibility index (Phi) is 11.8. The Labute approximate surface area is 192 Å². The summed E-state index contributed by atoms with van der Waals surface area (Å²) in [4.78, 5) is 4.39. The average molecular weight is 523 g/mol. The van der Waals surface area contributed by atoms with E-state index in [-0.39, 0.29) is 24.0 Å². The summed E-state index contributed by atoms with van der Waals surface area (Å²) < 4.78 is 2.27. The Morgan fingerprint density at radius 2 is 1.96 bits per heavy atom. The van der Waals surface area contributed by atoms with E-state index in [1.807, 2.05) is 7.05 Å². The minimum Gasteiger partial charge on any atom is -0.356 e. The second-order valence-electron chi connectivity index (χ2n) is 8.12. The minimum atomic E-state index is 0. The molecular formula is C20H39IN6S. The Hall–Kier alpha value is -0.510. The van der Waals surface area contributed by atoms with Gasteiger partial charge >= 0.3 is 0 Å². The molecule has 1 aliphatic carbocycles. The molecule has 2 rings (SSSR count). The average Bonchev–Trinajstić information content (AvgIpc) is 3.28. The van der Waals surface area contributed by atoms with Crippen molar-refractivity contribution in [3.63, 3.8) is 0 Å². The van der Waals surface area contributed by atoms with Gasteiger partial charge in [-0.1, -0.05) is 45.4 Å². The van der Waals surface area contributed by atoms with Gasteiger partial charge in [-0.2, -0.15) is 0 Å². The fraction of sp³-hybridized carbons (Fsp3) is 0.850. The first kappa shape index (κ1) is 25.5. The summed E-state index contributed by atoms with van der Waals surface area (Å²) in [7, 11) is 1.85. The van der Waals surface area contributed by atoms with Crippen molar-refractivity contribution in [2.45, 2.75) is 77.4 Å². The summed E-state index contributed by atoms with van der Waals surface area (Å²) in [5.74, 6) is 2.60. The summed E-state index contributed by atoms with van der Waals surface area (Å²) in [6, 6.07) is 0. The number of thioether (sulfide) groups is 1. The van der Waals surface area contributed by atoms with E-state index in [1.54, 1.807) is 11.8 Å². The van der Waals surface area contributed by atoms with E-state index >= 15 is 0 Å². The monoisotopic (exact) mass is 522 g/mol. The molecule has 162 valence electrons. The molecule has 6 nitrogen and oxygen atoms in total. The molecule has 0 aromatic carbocycles. The van der Waals surface area contributed by atoms with Crippen LogP contribution in [0.2, 0.25) is 0 Å². The van der Waals surface area contributed by atoms with Gasteiger partial charge in [0.25, 0.3) is 0 Å². The lowest BCUT2D eigenvalue weighted by atomic mass is 9.83. The maximum atomic E-state index is 4.40. The van der Waals surface area contributed by atoms with Crippen LogP contribution in [0.25, 0.3) is 0 Å². The summed E-state index contributed by atoms with van der Waals surface area (Å²) in [5, 5.41) is 16.8. The molecule has 1 aromatic heterocycles. The fourth-order valence-corrected chi connectivity index (χ4v) is 4.45. The van der Waals surface area contributed by atoms with Gasteiger partial charge < -0.3 is 15.2 Å². The predicted molar refractivity (Wildman–Crippen MR) is 131 cm³/mol. The molecule has 1 heterocycles. The summed E-state index contributed by atoms with van der Waals surface area (Å²) in [6.45, 7) is 9.69. The third-order valence-electron chi connectivity index (χ3n) is 5.66. The normalized spacial score (nSPS) is 16.3. The summed E-state index contributed by atoms with van der Waals surface area (Å²) in [6.07, 6.45) is 10.7. The van der Waals surface area contributed by atoms with Crippen LogP contribution in [0, 0.1) is 11.3 Å². The van der Waals surface area contributed by atoms with Crippen LogP contribution >= 0.6 is 35.7 Å². The van der Waals surface area contributed by atoms with Gasteiger partial charge in [-0.15, -0.1) is 34.2 Å². The van der Waals surface area contributed by atoms with E-state index in [4.69, 9.17) is 0 Å². The molecule has 0 radical (unpaired) electrons. The van der Waals surface area contributed by atoms with Gasteiger partial charge in [-0.05, 0) is 43.3 Å². The first-order chi connectivity index (χ1) is 13.0. The molecule has 0 atom stereocenters. The smallest absolute Gasteiger partial charge is 0.190 e. The molecule has 2 N–H and O–H groups in total. The highest BCUT2D eigenvalue weighted by Crippen LogP contribution is 2.40. The van der Waals surface area contributed by atoms with Crippen molar-refractivity contribution < 1.29 is 0 Å². The van der Waals surface area contributed by atoms with Crippen molar-refractivity contribution in [2.75, 3.05) is 26.4 Å². The number of guanidine groups is 1. The molecule has 1 aromatic rings. The molecule has 1 aliphatic rings. The quantitative estimate of drug-likeness (QED) is 0.157. The zero-order chi connectivity index (χ0) is 19.7. The van der Waals surface area contributed by atoms with E-state index in [2.05, 4.69) is 57.4 Å². The van der Waals surface area contributed by atoms with E-state index < -0.39 is 0 Å². The van der Waals surface area contributed by atoms with Crippen molar-refractivity contribution in [2.24, 2.45) is 16.3 Å². The number of rotatable bonds is 10. The highest BCUT2D eigenvalue weighted by atomic mass is 127. The number of halogens is 1. The van der Waals surface area contributed by atoms with Gasteiger partial charge in [-0.3, -0.25) is 4.99 Å². The molecule has 1 fully saturated rings. The van der Waals surface area contributed by atoms with Crippen LogP contribution in [-0.4, -0.2) is 47.1 Å². The van der Waals surface area contributed by atoms with Crippen LogP contribution in [0.4, 0.5) is 0 Å². The number of aryl methyl sites for hydroxylation is 1. The molecule has 1 saturated carbocycles. The highest BCUT2D eigenvalue weighted by Gasteiger charge is 2.31. The zero-order valence-electron chi connectivity index (χ0n) is 18.3. The molecule has 0 amide bonds. The van der Waals surface area contributed by atoms with Gasteiger partial charge in [0.1, 0.15) is 5.82 Å². The predicted octanol–water partition coefficient (Wildman–Crippen LogP) is 4.34. The number of hydrogen-bond donors (Lipinski definition) is 2. The molecule has 0 saturated heterocycles. The topological polar surface area (TPSA) is 67.1 Å². The van der Waals surface area contributed by atoms with Crippen molar-refractivity contribution in [3.05, 3.63) is 5.82 Å². The SMILES string of the molecule is CCC1(CNC(=NC)NCCCc2nnc(SC)n2CC(C)C)CCCC1.I. The molecule has 0 unspecified atom stereocenters. The van der Waals surface area contributed by atoms with Gasteiger partial charge in [-0.25, -0.2) is 0 Å². The van der Waals surface area contributed by atoms with E-state index in [1.165, 1.54) is 32.1 Å². The minimum absolute atomic E-state index is 0. The standard InChI is InChI=1S/C20H38N6S.HI/c1-6-20(11-7-8-12-20)15-23-18(21-4)22-13-9-10-17-24-25-19(27-5)26(17)14-16(2)3;/h16H,6-15H2,1-5H3,(H2,21,22,23);1H. The van der Waals surface area contributed by atoms with Crippen molar-refractivity contribution in [3.8, 4) is 0 Å². The van der Waals surface area contributed by atoms with Crippen molar-refractivity contribution in [1.82, 2.24) is 25.4 Å². The Bertz CT molecular complexity index is 596. The second kappa shape index (κ2) is 12.9. The lowest BCUT2D eigenvalue weighted by Gasteiger charge is -2.28. The van der Waals surface area contributed by atoms with E-state index in [0.29, 0.717) is 11.3 Å². The maximum Gasteiger partial charge on any atom is 0.190 e. The van der Waals surface area contributed by atoms with Gasteiger partial charge in [0, 0.05) is 33.1 Å². The third kappa shape index (κ3) is 7.39. The van der Waals surface area contributed by atoms with Crippen LogP contribution in [0.5, 0.6) is 0 Å². The van der Waals surface area contributed by atoms with Crippen LogP contribution in [-0.2, 0) is 13.0 Å². The number of nitrogens with zero attached hydrogens (tertiary/aromatic N) is 4. The van der Waals surface area contributed by atoms with Crippen LogP contribution in [0.1, 0.15) is 65.1 Å². The Balaban J connectivity index is 0.00000392. The summed E-state index contributed by atoms with van der Waals surface area (Å²) >= 11 is 1.67. The molecule has 0 spiro atoms. The number of aromatic nitrogens is 3. The zero-order valence-corrected chi connectivity index (χ0v) is 21.4. The first-order valence-corrected chi connectivity index (χ1v) is 11.7. The Morgan fingerprint density at radius 1 is 1.25 bits per heavy atom. The second-order valence-corrected chi connectivity index (χ2v) is 8.90. The number of hydrogen-bond acceptors (Lipinski definition) is 4. The molecule has 0 aliphatic heterocycles. The fourth-order valence-electron chi connectivity index (χ4n) is 3.93. The highest BCUT2D eigenvalue weighted by molar-refractivity contribution is 14.0. The van der Waals surface area contributed by atoms with Gasteiger partial charge in [0.15, 0.2) is 11.1 Å². The number of nitrogens with one attached hydrogen (secondary N) is 2. The van der Waals surface area contributed by atoms with E-state index in [0.717, 1.165) is 49.4 Å². The van der Waals surface area contributed by atoms with Crippen molar-refractivity contribution >= 4 is 41.7 Å². The molecule has 28 heavy (non-hydrogen) atoms. The lowest BCUT2D eigenvalue weighted by molar-refractivity contribution is 0.283. The van der Waals surface area contributed by atoms with Crippen LogP contribution in [0.3, 0.4) is 0 Å². The first-order valence-electron chi connectivity index (χ1n) is 10.4. The third-order valence-corrected chi connectivity index (χ3v) is 6.33. The van der Waals surface area contributed by atoms with E-state index in [9.17, 15) is 0 Å². The largest absolute Gasteiger partial charge is 0.356 e. The van der Waals surface area contributed by atoms with Gasteiger partial charge in [0.05, 0.1) is 0 Å². The molecular weight excluding hydrogens is 483 g/mol. The lowest BCUT2D eigenvalue weighted by Crippen LogP contribution is -2.43. The molecule has 8 heteroatoms. The van der Waals surface area contributed by atoms with Crippen LogP contribution in [0.15, 0.2) is 10.1 Å². The molecule has 0 bridgehead atoms. The van der Waals surface area contributed by atoms with Crippen LogP contribution < -0.4 is 10.6 Å². The Morgan fingerprint density at radius 3 is 2.54 bits per heavy atom. The van der Waals surface area contributed by atoms with Gasteiger partial charge in [0.2, 0.25) is 0 Å². The summed E-state index contributed by atoms with van der Waals surface area (Å²) in [5.41, 5.74) is 0.471. The maximum absolute atomic E-state index is 4.40. The van der Waals surface area contributed by atoms with Crippen molar-refractivity contribution in [1.29, 1.82) is 0 Å². The number of aliphatic imine (C=N–C) groups is 1.